The second-order valence-electron chi connectivity index (χ2n) is 4.04. The van der Waals surface area contributed by atoms with Crippen molar-refractivity contribution in [3.05, 3.63) is 0 Å². The van der Waals surface area contributed by atoms with Gasteiger partial charge in [-0.3, -0.25) is 0 Å². The van der Waals surface area contributed by atoms with Crippen molar-refractivity contribution in [1.82, 2.24) is 0 Å². The van der Waals surface area contributed by atoms with Crippen LogP contribution in [0, 0.1) is 11.3 Å². The third-order valence-corrected chi connectivity index (χ3v) is 3.70. The van der Waals surface area contributed by atoms with Crippen molar-refractivity contribution in [3.8, 4) is 0 Å². The highest BCUT2D eigenvalue weighted by Crippen LogP contribution is 2.58. The average Bonchev–Trinajstić information content (AvgIpc) is 2.37. The molecule has 0 aromatic rings. The van der Waals surface area contributed by atoms with E-state index in [9.17, 15) is 4.39 Å². The fourth-order valence-electron chi connectivity index (χ4n) is 2.77. The summed E-state index contributed by atoms with van der Waals surface area (Å²) in [5.41, 5.74) is 0.167. The molecule has 0 radical (unpaired) electrons. The highest BCUT2D eigenvalue weighted by molar-refractivity contribution is 5.03. The van der Waals surface area contributed by atoms with Crippen molar-refractivity contribution in [2.24, 2.45) is 11.3 Å². The van der Waals surface area contributed by atoms with Crippen molar-refractivity contribution in [3.63, 3.8) is 0 Å². The predicted molar refractivity (Wildman–Crippen MR) is 39.6 cm³/mol. The second-order valence-corrected chi connectivity index (χ2v) is 4.04. The van der Waals surface area contributed by atoms with Crippen LogP contribution in [0.1, 0.15) is 39.0 Å². The van der Waals surface area contributed by atoms with Gasteiger partial charge in [-0.1, -0.05) is 19.8 Å². The maximum atomic E-state index is 13.1. The van der Waals surface area contributed by atoms with Gasteiger partial charge in [0.2, 0.25) is 0 Å². The third-order valence-electron chi connectivity index (χ3n) is 3.70. The summed E-state index contributed by atoms with van der Waals surface area (Å²) in [6, 6.07) is 0. The summed E-state index contributed by atoms with van der Waals surface area (Å²) in [5, 5.41) is 0. The quantitative estimate of drug-likeness (QED) is 0.488. The van der Waals surface area contributed by atoms with Crippen molar-refractivity contribution in [2.45, 2.75) is 45.2 Å². The van der Waals surface area contributed by atoms with Gasteiger partial charge in [-0.05, 0) is 25.2 Å². The Labute approximate surface area is 61.8 Å². The summed E-state index contributed by atoms with van der Waals surface area (Å²) in [7, 11) is 0. The average molecular weight is 142 g/mol. The maximum Gasteiger partial charge on any atom is 0.106 e. The van der Waals surface area contributed by atoms with E-state index in [1.165, 1.54) is 12.8 Å². The highest BCUT2D eigenvalue weighted by Gasteiger charge is 2.54. The molecule has 0 amide bonds. The Kier molecular flexibility index (Phi) is 1.30. The van der Waals surface area contributed by atoms with E-state index in [-0.39, 0.29) is 5.41 Å². The molecule has 0 saturated heterocycles. The fourth-order valence-corrected chi connectivity index (χ4v) is 2.77. The SMILES string of the molecule is CC1CC(F)C12CCCC2. The van der Waals surface area contributed by atoms with Crippen LogP contribution in [0.3, 0.4) is 0 Å². The zero-order chi connectivity index (χ0) is 7.19. The van der Waals surface area contributed by atoms with E-state index in [2.05, 4.69) is 6.92 Å². The molecule has 1 heteroatoms. The molecule has 0 N–H and O–H groups in total. The van der Waals surface area contributed by atoms with E-state index in [0.717, 1.165) is 19.3 Å². The predicted octanol–water partition coefficient (Wildman–Crippen LogP) is 2.92. The van der Waals surface area contributed by atoms with Crippen LogP contribution in [0.15, 0.2) is 0 Å². The van der Waals surface area contributed by atoms with Gasteiger partial charge in [-0.15, -0.1) is 0 Å². The Morgan fingerprint density at radius 2 is 1.90 bits per heavy atom. The lowest BCUT2D eigenvalue weighted by Crippen LogP contribution is -2.47. The van der Waals surface area contributed by atoms with Gasteiger partial charge >= 0.3 is 0 Å². The molecular weight excluding hydrogens is 127 g/mol. The van der Waals surface area contributed by atoms with Crippen LogP contribution in [0.25, 0.3) is 0 Å². The van der Waals surface area contributed by atoms with Gasteiger partial charge in [0.25, 0.3) is 0 Å². The topological polar surface area (TPSA) is 0 Å². The van der Waals surface area contributed by atoms with Gasteiger partial charge in [-0.25, -0.2) is 4.39 Å². The molecule has 0 nitrogen and oxygen atoms in total. The zero-order valence-corrected chi connectivity index (χ0v) is 6.57. The monoisotopic (exact) mass is 142 g/mol. The number of alkyl halides is 1. The Bertz CT molecular complexity index is 126. The molecule has 10 heavy (non-hydrogen) atoms. The van der Waals surface area contributed by atoms with Crippen LogP contribution < -0.4 is 0 Å². The van der Waals surface area contributed by atoms with Crippen LogP contribution in [-0.2, 0) is 0 Å². The lowest BCUT2D eigenvalue weighted by molar-refractivity contribution is -0.0593. The molecule has 2 unspecified atom stereocenters. The molecule has 58 valence electrons. The lowest BCUT2D eigenvalue weighted by atomic mass is 9.58. The Morgan fingerprint density at radius 1 is 1.30 bits per heavy atom. The number of halogens is 1. The molecule has 2 atom stereocenters. The Hall–Kier alpha value is -0.0700. The van der Waals surface area contributed by atoms with Crippen LogP contribution in [0.4, 0.5) is 4.39 Å². The molecule has 0 aromatic carbocycles. The van der Waals surface area contributed by atoms with E-state index in [1.54, 1.807) is 0 Å². The summed E-state index contributed by atoms with van der Waals surface area (Å²) < 4.78 is 13.1. The molecule has 2 saturated carbocycles. The van der Waals surface area contributed by atoms with Crippen LogP contribution in [-0.4, -0.2) is 6.17 Å². The summed E-state index contributed by atoms with van der Waals surface area (Å²) >= 11 is 0. The molecule has 0 aromatic heterocycles. The second kappa shape index (κ2) is 1.96. The largest absolute Gasteiger partial charge is 0.247 e. The molecule has 0 aliphatic heterocycles. The lowest BCUT2D eigenvalue weighted by Gasteiger charge is -2.48. The summed E-state index contributed by atoms with van der Waals surface area (Å²) in [6.07, 6.45) is 5.24. The molecular formula is C9H15F. The van der Waals surface area contributed by atoms with Gasteiger partial charge in [0.1, 0.15) is 6.17 Å². The minimum Gasteiger partial charge on any atom is -0.247 e. The first kappa shape index (κ1) is 6.63. The van der Waals surface area contributed by atoms with Crippen LogP contribution in [0.2, 0.25) is 0 Å². The summed E-state index contributed by atoms with van der Waals surface area (Å²) in [6.45, 7) is 2.21. The van der Waals surface area contributed by atoms with Crippen molar-refractivity contribution in [2.75, 3.05) is 0 Å². The molecule has 1 spiro atoms. The van der Waals surface area contributed by atoms with Crippen LogP contribution in [0.5, 0.6) is 0 Å². The van der Waals surface area contributed by atoms with Gasteiger partial charge < -0.3 is 0 Å². The van der Waals surface area contributed by atoms with Crippen molar-refractivity contribution >= 4 is 0 Å². The minimum atomic E-state index is -0.454. The molecule has 0 bridgehead atoms. The summed E-state index contributed by atoms with van der Waals surface area (Å²) in [5.74, 6) is 0.671. The first-order valence-corrected chi connectivity index (χ1v) is 4.40. The molecule has 2 fully saturated rings. The van der Waals surface area contributed by atoms with E-state index in [4.69, 9.17) is 0 Å². The van der Waals surface area contributed by atoms with Crippen molar-refractivity contribution in [1.29, 1.82) is 0 Å². The number of hydrogen-bond donors (Lipinski definition) is 0. The van der Waals surface area contributed by atoms with Gasteiger partial charge in [-0.2, -0.15) is 0 Å². The number of rotatable bonds is 0. The van der Waals surface area contributed by atoms with Gasteiger partial charge in [0.05, 0.1) is 0 Å². The third kappa shape index (κ3) is 0.613. The zero-order valence-electron chi connectivity index (χ0n) is 6.57. The summed E-state index contributed by atoms with van der Waals surface area (Å²) in [4.78, 5) is 0. The fraction of sp³-hybridized carbons (Fsp3) is 1.00. The van der Waals surface area contributed by atoms with Gasteiger partial charge in [0, 0.05) is 5.41 Å². The van der Waals surface area contributed by atoms with Crippen LogP contribution >= 0.6 is 0 Å². The van der Waals surface area contributed by atoms with Gasteiger partial charge in [0.15, 0.2) is 0 Å². The molecule has 2 rings (SSSR count). The first-order chi connectivity index (χ1) is 4.76. The Morgan fingerprint density at radius 3 is 2.20 bits per heavy atom. The highest BCUT2D eigenvalue weighted by atomic mass is 19.1. The van der Waals surface area contributed by atoms with E-state index >= 15 is 0 Å². The van der Waals surface area contributed by atoms with Crippen molar-refractivity contribution < 1.29 is 4.39 Å². The normalized spacial score (nSPS) is 43.8. The van der Waals surface area contributed by atoms with E-state index in [0.29, 0.717) is 5.92 Å². The van der Waals surface area contributed by atoms with E-state index in [1.807, 2.05) is 0 Å². The minimum absolute atomic E-state index is 0.167. The first-order valence-electron chi connectivity index (χ1n) is 4.40. The maximum absolute atomic E-state index is 13.1. The smallest absolute Gasteiger partial charge is 0.106 e. The molecule has 0 heterocycles. The standard InChI is InChI=1S/C9H15F/c1-7-6-8(10)9(7)4-2-3-5-9/h7-8H,2-6H2,1H3. The number of hydrogen-bond acceptors (Lipinski definition) is 0. The molecule has 2 aliphatic carbocycles. The Balaban J connectivity index is 2.12. The van der Waals surface area contributed by atoms with E-state index < -0.39 is 6.17 Å². The molecule has 2 aliphatic rings.